The first-order valence-corrected chi connectivity index (χ1v) is 9.01. The largest absolute Gasteiger partial charge is 0.465 e. The molecule has 29 heavy (non-hydrogen) atoms. The minimum absolute atomic E-state index is 0.248. The van der Waals surface area contributed by atoms with Crippen molar-refractivity contribution in [1.29, 1.82) is 5.26 Å². The summed E-state index contributed by atoms with van der Waals surface area (Å²) in [7, 11) is 1.29. The Kier molecular flexibility index (Phi) is 6.18. The van der Waals surface area contributed by atoms with Gasteiger partial charge in [0.15, 0.2) is 0 Å². The van der Waals surface area contributed by atoms with E-state index in [9.17, 15) is 10.1 Å². The van der Waals surface area contributed by atoms with Crippen molar-refractivity contribution in [1.82, 2.24) is 0 Å². The molecule has 0 aliphatic rings. The number of nitrogens with zero attached hydrogens (tertiary/aromatic N) is 1. The highest BCUT2D eigenvalue weighted by Gasteiger charge is 2.14. The Balaban J connectivity index is 1.84. The molecule has 1 heterocycles. The van der Waals surface area contributed by atoms with E-state index in [-0.39, 0.29) is 5.56 Å². The zero-order chi connectivity index (χ0) is 20.8. The van der Waals surface area contributed by atoms with Crippen LogP contribution in [0.25, 0.3) is 17.4 Å². The van der Waals surface area contributed by atoms with Crippen LogP contribution >= 0.6 is 11.6 Å². The van der Waals surface area contributed by atoms with E-state index in [1.54, 1.807) is 36.4 Å². The molecule has 0 bridgehead atoms. The third-order valence-corrected chi connectivity index (χ3v) is 4.41. The lowest BCUT2D eigenvalue weighted by atomic mass is 10.1. The number of para-hydroxylation sites is 1. The first-order valence-electron chi connectivity index (χ1n) is 8.63. The van der Waals surface area contributed by atoms with E-state index in [1.807, 2.05) is 30.3 Å². The molecule has 0 unspecified atom stereocenters. The number of nitrogens with one attached hydrogen (secondary N) is 1. The molecule has 0 aliphatic heterocycles. The van der Waals surface area contributed by atoms with Crippen LogP contribution in [0, 0.1) is 11.3 Å². The number of hydrogen-bond acceptors (Lipinski definition) is 5. The third kappa shape index (κ3) is 4.75. The van der Waals surface area contributed by atoms with Gasteiger partial charge in [-0.25, -0.2) is 4.79 Å². The number of methoxy groups -OCH3 is 1. The highest BCUT2D eigenvalue weighted by molar-refractivity contribution is 6.33. The van der Waals surface area contributed by atoms with Crippen LogP contribution in [-0.4, -0.2) is 13.1 Å². The molecule has 1 N–H and O–H groups in total. The molecule has 144 valence electrons. The van der Waals surface area contributed by atoms with Crippen LogP contribution in [0.5, 0.6) is 0 Å². The van der Waals surface area contributed by atoms with E-state index in [4.69, 9.17) is 20.8 Å². The van der Waals surface area contributed by atoms with Gasteiger partial charge in [-0.05, 0) is 42.5 Å². The van der Waals surface area contributed by atoms with E-state index in [0.29, 0.717) is 33.4 Å². The average molecular weight is 405 g/mol. The number of rotatable bonds is 6. The lowest BCUT2D eigenvalue weighted by molar-refractivity contribution is 0.0601. The van der Waals surface area contributed by atoms with Gasteiger partial charge in [0.2, 0.25) is 0 Å². The molecular weight excluding hydrogens is 388 g/mol. The summed E-state index contributed by atoms with van der Waals surface area (Å²) in [6.45, 7) is 3.92. The number of carbonyl (C=O) groups excluding carboxylic acids is 1. The number of nitriles is 1. The Morgan fingerprint density at radius 2 is 1.97 bits per heavy atom. The van der Waals surface area contributed by atoms with Gasteiger partial charge in [-0.2, -0.15) is 5.26 Å². The number of hydrogen-bond donors (Lipinski definition) is 1. The Hall–Kier alpha value is -3.75. The van der Waals surface area contributed by atoms with Crippen LogP contribution < -0.4 is 5.32 Å². The van der Waals surface area contributed by atoms with Crippen LogP contribution in [-0.2, 0) is 4.74 Å². The van der Waals surface area contributed by atoms with Crippen molar-refractivity contribution < 1.29 is 13.9 Å². The summed E-state index contributed by atoms with van der Waals surface area (Å²) < 4.78 is 10.6. The summed E-state index contributed by atoms with van der Waals surface area (Å²) in [5, 5.41) is 12.9. The van der Waals surface area contributed by atoms with Crippen molar-refractivity contribution in [3.63, 3.8) is 0 Å². The lowest BCUT2D eigenvalue weighted by Gasteiger charge is -2.08. The van der Waals surface area contributed by atoms with E-state index in [0.717, 1.165) is 5.69 Å². The predicted molar refractivity (Wildman–Crippen MR) is 113 cm³/mol. The quantitative estimate of drug-likeness (QED) is 0.313. The molecule has 2 aromatic carbocycles. The number of halogens is 1. The van der Waals surface area contributed by atoms with Gasteiger partial charge in [-0.15, -0.1) is 0 Å². The molecule has 0 saturated heterocycles. The van der Waals surface area contributed by atoms with Gasteiger partial charge in [0.1, 0.15) is 17.6 Å². The van der Waals surface area contributed by atoms with Crippen molar-refractivity contribution in [3.8, 4) is 17.4 Å². The van der Waals surface area contributed by atoms with Crippen molar-refractivity contribution in [2.75, 3.05) is 12.4 Å². The second kappa shape index (κ2) is 8.96. The van der Waals surface area contributed by atoms with Crippen LogP contribution in [0.1, 0.15) is 16.1 Å². The molecule has 3 aromatic rings. The zero-order valence-corrected chi connectivity index (χ0v) is 16.4. The van der Waals surface area contributed by atoms with Gasteiger partial charge in [0, 0.05) is 23.0 Å². The van der Waals surface area contributed by atoms with E-state index >= 15 is 0 Å². The second-order valence-corrected chi connectivity index (χ2v) is 6.43. The minimum atomic E-state index is -0.529. The number of benzene rings is 2. The van der Waals surface area contributed by atoms with Crippen LogP contribution in [0.3, 0.4) is 0 Å². The monoisotopic (exact) mass is 404 g/mol. The minimum Gasteiger partial charge on any atom is -0.465 e. The van der Waals surface area contributed by atoms with Gasteiger partial charge < -0.3 is 14.5 Å². The summed E-state index contributed by atoms with van der Waals surface area (Å²) in [4.78, 5) is 11.8. The van der Waals surface area contributed by atoms with Gasteiger partial charge in [0.25, 0.3) is 0 Å². The first kappa shape index (κ1) is 20.0. The molecule has 3 rings (SSSR count). The summed E-state index contributed by atoms with van der Waals surface area (Å²) >= 11 is 6.06. The maximum atomic E-state index is 11.8. The predicted octanol–water partition coefficient (Wildman–Crippen LogP) is 5.92. The van der Waals surface area contributed by atoms with Crippen LogP contribution in [0.4, 0.5) is 5.69 Å². The normalized spacial score (nSPS) is 10.9. The van der Waals surface area contributed by atoms with Crippen molar-refractivity contribution in [2.24, 2.45) is 0 Å². The van der Waals surface area contributed by atoms with Gasteiger partial charge in [-0.3, -0.25) is 0 Å². The fourth-order valence-corrected chi connectivity index (χ4v) is 2.82. The maximum absolute atomic E-state index is 11.8. The Bertz CT molecular complexity index is 1120. The average Bonchev–Trinajstić information content (AvgIpc) is 3.21. The zero-order valence-electron chi connectivity index (χ0n) is 15.6. The van der Waals surface area contributed by atoms with Gasteiger partial charge >= 0.3 is 5.97 Å². The number of allylic oxidation sites excluding steroid dienone is 1. The SMILES string of the molecule is C=C(Nc1ccccc1)/C(C#N)=C/c1ccc(-c2ccc(Cl)c(C(=O)OC)c2)o1. The summed E-state index contributed by atoms with van der Waals surface area (Å²) in [6, 6.07) is 20.0. The topological polar surface area (TPSA) is 75.3 Å². The molecule has 1 aromatic heterocycles. The van der Waals surface area contributed by atoms with E-state index in [1.165, 1.54) is 7.11 Å². The molecule has 0 atom stereocenters. The van der Waals surface area contributed by atoms with Gasteiger partial charge in [0.05, 0.1) is 23.3 Å². The van der Waals surface area contributed by atoms with E-state index in [2.05, 4.69) is 18.0 Å². The lowest BCUT2D eigenvalue weighted by Crippen LogP contribution is -2.02. The summed E-state index contributed by atoms with van der Waals surface area (Å²) in [5.74, 6) is 0.470. The highest BCUT2D eigenvalue weighted by atomic mass is 35.5. The van der Waals surface area contributed by atoms with Crippen molar-refractivity contribution in [2.45, 2.75) is 0 Å². The summed E-state index contributed by atoms with van der Waals surface area (Å²) in [6.07, 6.45) is 1.60. The molecule has 0 fully saturated rings. The van der Waals surface area contributed by atoms with Crippen LogP contribution in [0.2, 0.25) is 5.02 Å². The second-order valence-electron chi connectivity index (χ2n) is 6.03. The molecule has 0 aliphatic carbocycles. The standard InChI is InChI=1S/C23H17ClN2O3/c1-15(26-18-6-4-3-5-7-18)17(14-25)12-19-9-11-22(29-19)16-8-10-21(24)20(13-16)23(27)28-2/h3-13,26H,1H2,2H3/b17-12+. The molecule has 0 spiro atoms. The Morgan fingerprint density at radius 3 is 2.66 bits per heavy atom. The number of ether oxygens (including phenoxy) is 1. The molecule has 0 radical (unpaired) electrons. The molecule has 6 heteroatoms. The van der Waals surface area contributed by atoms with E-state index < -0.39 is 5.97 Å². The fourth-order valence-electron chi connectivity index (χ4n) is 2.62. The van der Waals surface area contributed by atoms with Crippen LogP contribution in [0.15, 0.2) is 82.9 Å². The Morgan fingerprint density at radius 1 is 1.21 bits per heavy atom. The number of carbonyl (C=O) groups is 1. The molecule has 5 nitrogen and oxygen atoms in total. The summed E-state index contributed by atoms with van der Waals surface area (Å²) in [5.41, 5.74) is 2.53. The molecule has 0 saturated carbocycles. The number of anilines is 1. The third-order valence-electron chi connectivity index (χ3n) is 4.08. The molecular formula is C23H17ClN2O3. The highest BCUT2D eigenvalue weighted by Crippen LogP contribution is 2.28. The smallest absolute Gasteiger partial charge is 0.339 e. The Labute approximate surface area is 173 Å². The van der Waals surface area contributed by atoms with Crippen molar-refractivity contribution in [3.05, 3.63) is 94.9 Å². The number of esters is 1. The fraction of sp³-hybridized carbons (Fsp3) is 0.0435. The van der Waals surface area contributed by atoms with Gasteiger partial charge in [-0.1, -0.05) is 36.4 Å². The number of furan rings is 1. The van der Waals surface area contributed by atoms with Crippen molar-refractivity contribution >= 4 is 29.3 Å². The molecule has 0 amide bonds. The maximum Gasteiger partial charge on any atom is 0.339 e. The first-order chi connectivity index (χ1) is 14.0.